The molecule has 1 aliphatic heterocycles. The van der Waals surface area contributed by atoms with Gasteiger partial charge in [0.25, 0.3) is 0 Å². The number of ether oxygens (including phenoxy) is 1. The molecular formula is C19H32O3. The summed E-state index contributed by atoms with van der Waals surface area (Å²) in [5, 5.41) is 19.0. The van der Waals surface area contributed by atoms with Gasteiger partial charge in [-0.15, -0.1) is 0 Å². The van der Waals surface area contributed by atoms with Crippen LogP contribution in [0.2, 0.25) is 0 Å². The van der Waals surface area contributed by atoms with Gasteiger partial charge in [0.05, 0.1) is 12.7 Å². The number of hydrogen-bond donors (Lipinski definition) is 2. The Morgan fingerprint density at radius 1 is 0.636 bits per heavy atom. The van der Waals surface area contributed by atoms with E-state index in [1.807, 2.05) is 0 Å². The van der Waals surface area contributed by atoms with Crippen LogP contribution in [-0.4, -0.2) is 29.2 Å². The number of aliphatic hydroxyl groups is 2. The van der Waals surface area contributed by atoms with Gasteiger partial charge in [0.2, 0.25) is 0 Å². The van der Waals surface area contributed by atoms with E-state index in [0.717, 1.165) is 57.0 Å². The smallest absolute Gasteiger partial charge is 0.154 e. The normalized spacial score (nSPS) is 44.3. The van der Waals surface area contributed by atoms with Crippen molar-refractivity contribution in [3.8, 4) is 0 Å². The van der Waals surface area contributed by atoms with Gasteiger partial charge in [-0.1, -0.05) is 12.2 Å². The highest BCUT2D eigenvalue weighted by molar-refractivity contribution is 4.96. The molecule has 2 unspecified atom stereocenters. The van der Waals surface area contributed by atoms with E-state index in [1.54, 1.807) is 0 Å². The summed E-state index contributed by atoms with van der Waals surface area (Å²) in [5.74, 6) is 2.95. The van der Waals surface area contributed by atoms with Crippen molar-refractivity contribution in [3.63, 3.8) is 0 Å². The van der Waals surface area contributed by atoms with Crippen LogP contribution in [0.1, 0.15) is 64.2 Å². The molecule has 2 aliphatic carbocycles. The average molecular weight is 308 g/mol. The lowest BCUT2D eigenvalue weighted by Gasteiger charge is -2.36. The molecule has 0 amide bonds. The summed E-state index contributed by atoms with van der Waals surface area (Å²) in [5.41, 5.74) is 0. The van der Waals surface area contributed by atoms with Crippen LogP contribution in [0, 0.1) is 23.7 Å². The first-order chi connectivity index (χ1) is 10.7. The van der Waals surface area contributed by atoms with Crippen molar-refractivity contribution in [3.05, 3.63) is 12.2 Å². The minimum Gasteiger partial charge on any atom is -0.393 e. The van der Waals surface area contributed by atoms with E-state index in [-0.39, 0.29) is 6.10 Å². The predicted molar refractivity (Wildman–Crippen MR) is 87.2 cm³/mol. The number of aliphatic hydroxyl groups excluding tert-OH is 2. The van der Waals surface area contributed by atoms with Gasteiger partial charge < -0.3 is 14.9 Å². The first kappa shape index (κ1) is 16.5. The van der Waals surface area contributed by atoms with E-state index in [4.69, 9.17) is 4.74 Å². The highest BCUT2D eigenvalue weighted by atomic mass is 16.6. The van der Waals surface area contributed by atoms with Gasteiger partial charge in [-0.05, 0) is 87.9 Å². The minimum atomic E-state index is -0.510. The summed E-state index contributed by atoms with van der Waals surface area (Å²) < 4.78 is 5.43. The number of rotatable bonds is 3. The molecule has 2 saturated carbocycles. The van der Waals surface area contributed by atoms with Crippen LogP contribution >= 0.6 is 0 Å². The molecule has 22 heavy (non-hydrogen) atoms. The Bertz CT molecular complexity index is 344. The largest absolute Gasteiger partial charge is 0.393 e. The van der Waals surface area contributed by atoms with Crippen molar-refractivity contribution < 1.29 is 14.9 Å². The summed E-state index contributed by atoms with van der Waals surface area (Å²) >= 11 is 0. The quantitative estimate of drug-likeness (QED) is 0.783. The summed E-state index contributed by atoms with van der Waals surface area (Å²) in [6, 6.07) is 0. The molecule has 3 fully saturated rings. The van der Waals surface area contributed by atoms with E-state index in [1.165, 1.54) is 25.7 Å². The lowest BCUT2D eigenvalue weighted by Crippen LogP contribution is -2.32. The SMILES string of the molecule is OC1CCC(/C=C/C2CCC(C3CCC(O)OC3)CC2)CC1. The Balaban J connectivity index is 1.38. The van der Waals surface area contributed by atoms with Crippen molar-refractivity contribution in [1.82, 2.24) is 0 Å². The van der Waals surface area contributed by atoms with Crippen molar-refractivity contribution in [2.75, 3.05) is 6.61 Å². The lowest BCUT2D eigenvalue weighted by atomic mass is 9.74. The molecule has 2 atom stereocenters. The third-order valence-electron chi connectivity index (χ3n) is 6.17. The Morgan fingerprint density at radius 2 is 1.18 bits per heavy atom. The third-order valence-corrected chi connectivity index (χ3v) is 6.17. The van der Waals surface area contributed by atoms with Crippen LogP contribution in [0.5, 0.6) is 0 Å². The fourth-order valence-corrected chi connectivity index (χ4v) is 4.55. The summed E-state index contributed by atoms with van der Waals surface area (Å²) in [6.07, 6.45) is 15.9. The van der Waals surface area contributed by atoms with Crippen molar-refractivity contribution in [2.24, 2.45) is 23.7 Å². The second-order valence-electron chi connectivity index (χ2n) is 7.75. The third kappa shape index (κ3) is 4.56. The Morgan fingerprint density at radius 3 is 1.73 bits per heavy atom. The van der Waals surface area contributed by atoms with Crippen LogP contribution in [-0.2, 0) is 4.74 Å². The summed E-state index contributed by atoms with van der Waals surface area (Å²) in [7, 11) is 0. The van der Waals surface area contributed by atoms with Gasteiger partial charge in [-0.25, -0.2) is 0 Å². The molecular weight excluding hydrogens is 276 g/mol. The monoisotopic (exact) mass is 308 g/mol. The van der Waals surface area contributed by atoms with Crippen molar-refractivity contribution in [1.29, 1.82) is 0 Å². The molecule has 0 aromatic carbocycles. The lowest BCUT2D eigenvalue weighted by molar-refractivity contribution is -0.149. The van der Waals surface area contributed by atoms with Crippen LogP contribution in [0.3, 0.4) is 0 Å². The predicted octanol–water partition coefficient (Wildman–Crippen LogP) is 3.65. The van der Waals surface area contributed by atoms with Crippen molar-refractivity contribution in [2.45, 2.75) is 76.6 Å². The van der Waals surface area contributed by atoms with Crippen LogP contribution in [0.4, 0.5) is 0 Å². The first-order valence-corrected chi connectivity index (χ1v) is 9.36. The molecule has 0 aromatic heterocycles. The fraction of sp³-hybridized carbons (Fsp3) is 0.895. The zero-order valence-electron chi connectivity index (χ0n) is 13.7. The maximum Gasteiger partial charge on any atom is 0.154 e. The van der Waals surface area contributed by atoms with Crippen LogP contribution < -0.4 is 0 Å². The minimum absolute atomic E-state index is 0.0451. The molecule has 126 valence electrons. The summed E-state index contributed by atoms with van der Waals surface area (Å²) in [6.45, 7) is 0.761. The zero-order chi connectivity index (χ0) is 15.4. The van der Waals surface area contributed by atoms with Gasteiger partial charge in [0.15, 0.2) is 6.29 Å². The maximum absolute atomic E-state index is 9.56. The molecule has 0 aromatic rings. The highest BCUT2D eigenvalue weighted by Gasteiger charge is 2.30. The molecule has 3 heteroatoms. The molecule has 3 rings (SSSR count). The Hall–Kier alpha value is -0.380. The van der Waals surface area contributed by atoms with E-state index >= 15 is 0 Å². The standard InChI is InChI=1S/C19H32O3/c20-18-10-5-15(6-11-18)2-1-14-3-7-16(8-4-14)17-9-12-19(21)22-13-17/h1-2,14-21H,3-13H2/b2-1+. The number of allylic oxidation sites excluding steroid dienone is 2. The topological polar surface area (TPSA) is 49.7 Å². The second kappa shape index (κ2) is 7.94. The molecule has 2 N–H and O–H groups in total. The fourth-order valence-electron chi connectivity index (χ4n) is 4.55. The molecule has 0 bridgehead atoms. The Kier molecular flexibility index (Phi) is 5.95. The van der Waals surface area contributed by atoms with Gasteiger partial charge in [-0.3, -0.25) is 0 Å². The molecule has 3 aliphatic rings. The molecule has 0 radical (unpaired) electrons. The summed E-state index contributed by atoms with van der Waals surface area (Å²) in [4.78, 5) is 0. The van der Waals surface area contributed by atoms with E-state index < -0.39 is 6.29 Å². The Labute approximate surface area is 134 Å². The highest BCUT2D eigenvalue weighted by Crippen LogP contribution is 2.38. The van der Waals surface area contributed by atoms with E-state index in [0.29, 0.717) is 11.8 Å². The van der Waals surface area contributed by atoms with Gasteiger partial charge >= 0.3 is 0 Å². The van der Waals surface area contributed by atoms with Crippen LogP contribution in [0.15, 0.2) is 12.2 Å². The average Bonchev–Trinajstić information content (AvgIpc) is 2.56. The van der Waals surface area contributed by atoms with Gasteiger partial charge in [0, 0.05) is 0 Å². The number of hydrogen-bond acceptors (Lipinski definition) is 3. The van der Waals surface area contributed by atoms with Crippen LogP contribution in [0.25, 0.3) is 0 Å². The van der Waals surface area contributed by atoms with Gasteiger partial charge in [-0.2, -0.15) is 0 Å². The molecule has 0 spiro atoms. The first-order valence-electron chi connectivity index (χ1n) is 9.36. The van der Waals surface area contributed by atoms with E-state index in [2.05, 4.69) is 12.2 Å². The maximum atomic E-state index is 9.56. The zero-order valence-corrected chi connectivity index (χ0v) is 13.7. The molecule has 1 heterocycles. The van der Waals surface area contributed by atoms with Gasteiger partial charge in [0.1, 0.15) is 0 Å². The second-order valence-corrected chi connectivity index (χ2v) is 7.75. The van der Waals surface area contributed by atoms with Crippen molar-refractivity contribution >= 4 is 0 Å². The van der Waals surface area contributed by atoms with E-state index in [9.17, 15) is 10.2 Å². The molecule has 1 saturated heterocycles. The molecule has 3 nitrogen and oxygen atoms in total.